The van der Waals surface area contributed by atoms with Crippen LogP contribution in [0.4, 0.5) is 5.69 Å². The molecule has 3 rings (SSSR count). The second-order valence-corrected chi connectivity index (χ2v) is 7.73. The number of hydrogen-bond donors (Lipinski definition) is 1. The van der Waals surface area contributed by atoms with E-state index < -0.39 is 0 Å². The predicted octanol–water partition coefficient (Wildman–Crippen LogP) is 5.19. The number of rotatable bonds is 8. The number of furan rings is 1. The number of aryl methyl sites for hydroxylation is 1. The lowest BCUT2D eigenvalue weighted by Crippen LogP contribution is -2.18. The minimum atomic E-state index is -0.212. The number of hydrogen-bond acceptors (Lipinski definition) is 6. The molecule has 1 aromatic carbocycles. The Labute approximate surface area is 175 Å². The van der Waals surface area contributed by atoms with Gasteiger partial charge in [-0.3, -0.25) is 4.79 Å². The first-order valence-electron chi connectivity index (χ1n) is 9.41. The van der Waals surface area contributed by atoms with E-state index in [9.17, 15) is 4.79 Å². The van der Waals surface area contributed by atoms with Crippen molar-refractivity contribution < 1.29 is 13.9 Å². The summed E-state index contributed by atoms with van der Waals surface area (Å²) in [6.45, 7) is 6.75. The number of carbonyl (C=O) groups is 1. The predicted molar refractivity (Wildman–Crippen MR) is 114 cm³/mol. The van der Waals surface area contributed by atoms with E-state index in [2.05, 4.69) is 15.3 Å². The maximum absolute atomic E-state index is 12.9. The topological polar surface area (TPSA) is 77.2 Å². The van der Waals surface area contributed by atoms with Crippen molar-refractivity contribution in [1.29, 1.82) is 0 Å². The van der Waals surface area contributed by atoms with Crippen molar-refractivity contribution in [3.8, 4) is 0 Å². The molecule has 0 aliphatic carbocycles. The quantitative estimate of drug-likeness (QED) is 0.406. The molecular weight excluding hydrogens is 386 g/mol. The van der Waals surface area contributed by atoms with Crippen LogP contribution in [-0.4, -0.2) is 22.1 Å². The Hall–Kier alpha value is -2.64. The summed E-state index contributed by atoms with van der Waals surface area (Å²) in [6.07, 6.45) is 3.54. The van der Waals surface area contributed by atoms with Gasteiger partial charge in [-0.2, -0.15) is 0 Å². The highest BCUT2D eigenvalue weighted by Gasteiger charge is 2.19. The highest BCUT2D eigenvalue weighted by molar-refractivity contribution is 7.98. The van der Waals surface area contributed by atoms with Crippen LogP contribution in [0.3, 0.4) is 0 Å². The lowest BCUT2D eigenvalue weighted by molar-refractivity contribution is 0.0929. The molecule has 1 N–H and O–H groups in total. The largest absolute Gasteiger partial charge is 0.467 e. The molecule has 0 radical (unpaired) electrons. The third kappa shape index (κ3) is 5.46. The van der Waals surface area contributed by atoms with Crippen molar-refractivity contribution in [2.75, 3.05) is 11.6 Å². The zero-order valence-electron chi connectivity index (χ0n) is 17.1. The van der Waals surface area contributed by atoms with Crippen molar-refractivity contribution >= 4 is 23.4 Å². The molecule has 2 heterocycles. The smallest absolute Gasteiger partial charge is 0.260 e. The molecule has 0 saturated carbocycles. The SMILES string of the molecule is CSc1nc(C(C)C)nc(C)c1C(=O)Nc1cccc(COCc2ccco2)c1. The first-order valence-corrected chi connectivity index (χ1v) is 10.6. The van der Waals surface area contributed by atoms with Crippen LogP contribution in [-0.2, 0) is 18.0 Å². The van der Waals surface area contributed by atoms with Gasteiger partial charge in [0.05, 0.1) is 24.1 Å². The van der Waals surface area contributed by atoms with Gasteiger partial charge in [0, 0.05) is 11.6 Å². The zero-order valence-corrected chi connectivity index (χ0v) is 17.9. The normalized spacial score (nSPS) is 11.1. The molecule has 0 fully saturated rings. The Morgan fingerprint density at radius 3 is 2.72 bits per heavy atom. The molecule has 0 saturated heterocycles. The lowest BCUT2D eigenvalue weighted by Gasteiger charge is -2.14. The Morgan fingerprint density at radius 2 is 2.03 bits per heavy atom. The van der Waals surface area contributed by atoms with Crippen LogP contribution in [0.1, 0.15) is 53.0 Å². The minimum Gasteiger partial charge on any atom is -0.467 e. The van der Waals surface area contributed by atoms with E-state index in [1.54, 1.807) is 6.26 Å². The number of thioether (sulfide) groups is 1. The van der Waals surface area contributed by atoms with Crippen molar-refractivity contribution in [1.82, 2.24) is 9.97 Å². The summed E-state index contributed by atoms with van der Waals surface area (Å²) < 4.78 is 10.9. The number of anilines is 1. The molecule has 0 unspecified atom stereocenters. The van der Waals surface area contributed by atoms with Crippen molar-refractivity contribution in [3.63, 3.8) is 0 Å². The number of ether oxygens (including phenoxy) is 1. The maximum Gasteiger partial charge on any atom is 0.260 e. The van der Waals surface area contributed by atoms with Crippen LogP contribution in [0.2, 0.25) is 0 Å². The molecule has 0 spiro atoms. The van der Waals surface area contributed by atoms with Gasteiger partial charge in [0.15, 0.2) is 0 Å². The highest BCUT2D eigenvalue weighted by Crippen LogP contribution is 2.24. The van der Waals surface area contributed by atoms with E-state index in [1.165, 1.54) is 11.8 Å². The minimum absolute atomic E-state index is 0.203. The number of carbonyl (C=O) groups excluding carboxylic acids is 1. The van der Waals surface area contributed by atoms with Gasteiger partial charge < -0.3 is 14.5 Å². The van der Waals surface area contributed by atoms with Crippen LogP contribution >= 0.6 is 11.8 Å². The van der Waals surface area contributed by atoms with Crippen LogP contribution in [0.15, 0.2) is 52.1 Å². The molecule has 7 heteroatoms. The summed E-state index contributed by atoms with van der Waals surface area (Å²) in [5, 5.41) is 3.65. The zero-order chi connectivity index (χ0) is 20.8. The average molecular weight is 412 g/mol. The third-order valence-electron chi connectivity index (χ3n) is 4.29. The Kier molecular flexibility index (Phi) is 7.06. The summed E-state index contributed by atoms with van der Waals surface area (Å²) >= 11 is 1.45. The summed E-state index contributed by atoms with van der Waals surface area (Å²) in [4.78, 5) is 22.0. The van der Waals surface area contributed by atoms with E-state index in [0.717, 1.165) is 17.1 Å². The van der Waals surface area contributed by atoms with E-state index in [4.69, 9.17) is 9.15 Å². The molecule has 0 atom stereocenters. The molecule has 6 nitrogen and oxygen atoms in total. The Balaban J connectivity index is 1.70. The van der Waals surface area contributed by atoms with Crippen LogP contribution in [0.25, 0.3) is 0 Å². The summed E-state index contributed by atoms with van der Waals surface area (Å²) in [5.41, 5.74) is 2.86. The van der Waals surface area contributed by atoms with Crippen molar-refractivity contribution in [3.05, 3.63) is 71.1 Å². The second kappa shape index (κ2) is 9.71. The van der Waals surface area contributed by atoms with E-state index in [0.29, 0.717) is 35.2 Å². The molecule has 0 bridgehead atoms. The number of nitrogens with one attached hydrogen (secondary N) is 1. The fourth-order valence-corrected chi connectivity index (χ4v) is 3.46. The van der Waals surface area contributed by atoms with Gasteiger partial charge in [-0.25, -0.2) is 9.97 Å². The van der Waals surface area contributed by atoms with Gasteiger partial charge in [-0.05, 0) is 43.0 Å². The van der Waals surface area contributed by atoms with Crippen molar-refractivity contribution in [2.45, 2.75) is 44.9 Å². The molecule has 0 aliphatic heterocycles. The number of aromatic nitrogens is 2. The fourth-order valence-electron chi connectivity index (χ4n) is 2.83. The van der Waals surface area contributed by atoms with Crippen LogP contribution in [0, 0.1) is 6.92 Å². The van der Waals surface area contributed by atoms with Crippen molar-refractivity contribution in [2.24, 2.45) is 0 Å². The van der Waals surface area contributed by atoms with E-state index in [1.807, 2.05) is 63.4 Å². The van der Waals surface area contributed by atoms with Crippen LogP contribution < -0.4 is 5.32 Å². The number of nitrogens with zero attached hydrogens (tertiary/aromatic N) is 2. The number of amides is 1. The van der Waals surface area contributed by atoms with Gasteiger partial charge in [0.25, 0.3) is 5.91 Å². The van der Waals surface area contributed by atoms with Gasteiger partial charge >= 0.3 is 0 Å². The van der Waals surface area contributed by atoms with Gasteiger partial charge in [-0.1, -0.05) is 26.0 Å². The molecule has 3 aromatic rings. The average Bonchev–Trinajstić information content (AvgIpc) is 3.21. The molecule has 152 valence electrons. The molecule has 0 aliphatic rings. The maximum atomic E-state index is 12.9. The molecular formula is C22H25N3O3S. The van der Waals surface area contributed by atoms with E-state index in [-0.39, 0.29) is 11.8 Å². The molecule has 29 heavy (non-hydrogen) atoms. The summed E-state index contributed by atoms with van der Waals surface area (Å²) in [6, 6.07) is 11.3. The van der Waals surface area contributed by atoms with Crippen LogP contribution in [0.5, 0.6) is 0 Å². The number of benzene rings is 1. The Bertz CT molecular complexity index is 971. The first kappa shape index (κ1) is 21.1. The molecule has 2 aromatic heterocycles. The molecule has 1 amide bonds. The standard InChI is InChI=1S/C22H25N3O3S/c1-14(2)20-23-15(3)19(22(25-20)29-4)21(26)24-17-8-5-7-16(11-17)12-27-13-18-9-6-10-28-18/h5-11,14H,12-13H2,1-4H3,(H,24,26). The van der Waals surface area contributed by atoms with E-state index >= 15 is 0 Å². The third-order valence-corrected chi connectivity index (χ3v) is 4.97. The van der Waals surface area contributed by atoms with Gasteiger partial charge in [0.1, 0.15) is 23.2 Å². The monoisotopic (exact) mass is 411 g/mol. The fraction of sp³-hybridized carbons (Fsp3) is 0.318. The second-order valence-electron chi connectivity index (χ2n) is 6.93. The Morgan fingerprint density at radius 1 is 1.21 bits per heavy atom. The first-order chi connectivity index (χ1) is 14.0. The van der Waals surface area contributed by atoms with Gasteiger partial charge in [-0.15, -0.1) is 11.8 Å². The van der Waals surface area contributed by atoms with Gasteiger partial charge in [0.2, 0.25) is 0 Å². The summed E-state index contributed by atoms with van der Waals surface area (Å²) in [7, 11) is 0. The lowest BCUT2D eigenvalue weighted by atomic mass is 10.1. The highest BCUT2D eigenvalue weighted by atomic mass is 32.2. The summed E-state index contributed by atoms with van der Waals surface area (Å²) in [5.74, 6) is 1.52.